The first-order chi connectivity index (χ1) is 8.50. The Morgan fingerprint density at radius 2 is 2.17 bits per heavy atom. The summed E-state index contributed by atoms with van der Waals surface area (Å²) >= 11 is 1.47. The van der Waals surface area contributed by atoms with Gasteiger partial charge < -0.3 is 4.90 Å². The number of hydrogen-bond donors (Lipinski definition) is 0. The number of amidine groups is 1. The number of carbonyl (C=O) groups is 1. The van der Waals surface area contributed by atoms with Gasteiger partial charge >= 0.3 is 0 Å². The van der Waals surface area contributed by atoms with Crippen molar-refractivity contribution < 1.29 is 13.2 Å². The van der Waals surface area contributed by atoms with Crippen LogP contribution in [0.3, 0.4) is 0 Å². The van der Waals surface area contributed by atoms with Crippen molar-refractivity contribution in [1.29, 1.82) is 0 Å². The zero-order valence-electron chi connectivity index (χ0n) is 10.2. The van der Waals surface area contributed by atoms with Gasteiger partial charge in [-0.05, 0) is 19.8 Å². The first kappa shape index (κ1) is 12.5. The molecule has 0 aromatic rings. The maximum absolute atomic E-state index is 11.7. The first-order valence-corrected chi connectivity index (χ1v) is 8.96. The summed E-state index contributed by atoms with van der Waals surface area (Å²) < 4.78 is 23.2. The Labute approximate surface area is 111 Å². The molecule has 100 valence electrons. The SMILES string of the molecule is CCN1C(=NC(=O)C2CC2)SC2CS(=O)(=O)CC21. The van der Waals surface area contributed by atoms with Crippen molar-refractivity contribution in [3.8, 4) is 0 Å². The average molecular weight is 288 g/mol. The minimum atomic E-state index is -2.91. The lowest BCUT2D eigenvalue weighted by molar-refractivity contribution is -0.118. The van der Waals surface area contributed by atoms with Crippen molar-refractivity contribution in [2.45, 2.75) is 31.1 Å². The second-order valence-electron chi connectivity index (χ2n) is 5.09. The van der Waals surface area contributed by atoms with Crippen LogP contribution in [0.4, 0.5) is 0 Å². The summed E-state index contributed by atoms with van der Waals surface area (Å²) in [5, 5.41) is 0.792. The molecule has 2 unspecified atom stereocenters. The van der Waals surface area contributed by atoms with Gasteiger partial charge in [0.15, 0.2) is 15.0 Å². The van der Waals surface area contributed by atoms with Gasteiger partial charge in [-0.25, -0.2) is 8.42 Å². The highest BCUT2D eigenvalue weighted by Gasteiger charge is 2.48. The molecule has 2 heterocycles. The fourth-order valence-electron chi connectivity index (χ4n) is 2.52. The number of hydrogen-bond acceptors (Lipinski definition) is 4. The molecule has 7 heteroatoms. The Morgan fingerprint density at radius 1 is 1.44 bits per heavy atom. The molecule has 1 aliphatic carbocycles. The topological polar surface area (TPSA) is 66.8 Å². The lowest BCUT2D eigenvalue weighted by Crippen LogP contribution is -2.37. The van der Waals surface area contributed by atoms with Crippen LogP contribution in [0.1, 0.15) is 19.8 Å². The van der Waals surface area contributed by atoms with Crippen molar-refractivity contribution in [3.05, 3.63) is 0 Å². The largest absolute Gasteiger partial charge is 0.346 e. The van der Waals surface area contributed by atoms with Crippen LogP contribution in [0, 0.1) is 5.92 Å². The summed E-state index contributed by atoms with van der Waals surface area (Å²) in [6, 6.07) is 0.00996. The first-order valence-electron chi connectivity index (χ1n) is 6.26. The van der Waals surface area contributed by atoms with Crippen molar-refractivity contribution in [2.24, 2.45) is 10.9 Å². The Bertz CT molecular complexity index is 510. The molecule has 18 heavy (non-hydrogen) atoms. The van der Waals surface area contributed by atoms with Crippen molar-refractivity contribution in [2.75, 3.05) is 18.1 Å². The van der Waals surface area contributed by atoms with Gasteiger partial charge in [0.05, 0.1) is 17.5 Å². The third-order valence-electron chi connectivity index (χ3n) is 3.65. The quantitative estimate of drug-likeness (QED) is 0.741. The summed E-state index contributed by atoms with van der Waals surface area (Å²) in [7, 11) is -2.91. The van der Waals surface area contributed by atoms with E-state index in [0.717, 1.165) is 18.0 Å². The van der Waals surface area contributed by atoms with E-state index >= 15 is 0 Å². The van der Waals surface area contributed by atoms with Gasteiger partial charge in [-0.1, -0.05) is 11.8 Å². The molecule has 2 aliphatic heterocycles. The number of thioether (sulfide) groups is 1. The zero-order chi connectivity index (χ0) is 12.9. The molecule has 0 spiro atoms. The van der Waals surface area contributed by atoms with Crippen LogP contribution in [0.2, 0.25) is 0 Å². The Morgan fingerprint density at radius 3 is 2.78 bits per heavy atom. The number of fused-ring (bicyclic) bond motifs is 1. The van der Waals surface area contributed by atoms with Crippen molar-refractivity contribution in [3.63, 3.8) is 0 Å². The highest BCUT2D eigenvalue weighted by Crippen LogP contribution is 2.39. The second kappa shape index (κ2) is 4.23. The van der Waals surface area contributed by atoms with Crippen LogP contribution in [0.25, 0.3) is 0 Å². The molecule has 0 bridgehead atoms. The maximum atomic E-state index is 11.7. The van der Waals surface area contributed by atoms with Gasteiger partial charge in [0.25, 0.3) is 5.91 Å². The lowest BCUT2D eigenvalue weighted by atomic mass is 10.2. The van der Waals surface area contributed by atoms with Crippen LogP contribution < -0.4 is 0 Å². The van der Waals surface area contributed by atoms with Crippen LogP contribution in [-0.2, 0) is 14.6 Å². The molecule has 2 saturated heterocycles. The monoisotopic (exact) mass is 288 g/mol. The average Bonchev–Trinajstić information content (AvgIpc) is 3.01. The van der Waals surface area contributed by atoms with Crippen LogP contribution in [-0.4, -0.2) is 53.7 Å². The molecule has 0 aromatic heterocycles. The number of sulfone groups is 1. The third kappa shape index (κ3) is 2.18. The molecular weight excluding hydrogens is 272 g/mol. The van der Waals surface area contributed by atoms with E-state index in [1.165, 1.54) is 11.8 Å². The van der Waals surface area contributed by atoms with Crippen molar-refractivity contribution >= 4 is 32.7 Å². The van der Waals surface area contributed by atoms with Crippen LogP contribution in [0.15, 0.2) is 4.99 Å². The molecular formula is C11H16N2O3S2. The number of carbonyl (C=O) groups excluding carboxylic acids is 1. The zero-order valence-corrected chi connectivity index (χ0v) is 11.8. The lowest BCUT2D eigenvalue weighted by Gasteiger charge is -2.22. The van der Waals surface area contributed by atoms with Gasteiger partial charge in [0.1, 0.15) is 0 Å². The van der Waals surface area contributed by atoms with E-state index in [9.17, 15) is 13.2 Å². The second-order valence-corrected chi connectivity index (χ2v) is 8.45. The molecule has 3 fully saturated rings. The summed E-state index contributed by atoms with van der Waals surface area (Å²) in [6.45, 7) is 2.69. The number of rotatable bonds is 2. The van der Waals surface area contributed by atoms with Crippen LogP contribution in [0.5, 0.6) is 0 Å². The highest BCUT2D eigenvalue weighted by atomic mass is 32.2. The standard InChI is InChI=1S/C11H16N2O3S2/c1-2-13-8-5-18(15,16)6-9(8)17-11(13)12-10(14)7-3-4-7/h7-9H,2-6H2,1H3. The molecule has 1 saturated carbocycles. The molecule has 2 atom stereocenters. The molecule has 3 aliphatic rings. The number of amides is 1. The van der Waals surface area contributed by atoms with E-state index < -0.39 is 9.84 Å². The maximum Gasteiger partial charge on any atom is 0.251 e. The van der Waals surface area contributed by atoms with E-state index in [-0.39, 0.29) is 34.6 Å². The Balaban J connectivity index is 1.81. The molecule has 1 amide bonds. The summed E-state index contributed by atoms with van der Waals surface area (Å²) in [5.41, 5.74) is 0. The van der Waals surface area contributed by atoms with E-state index in [1.54, 1.807) is 0 Å². The summed E-state index contributed by atoms with van der Waals surface area (Å²) in [5.74, 6) is 0.518. The molecule has 0 N–H and O–H groups in total. The number of aliphatic imine (C=N–C) groups is 1. The van der Waals surface area contributed by atoms with Gasteiger partial charge in [0, 0.05) is 17.7 Å². The molecule has 0 aromatic carbocycles. The third-order valence-corrected chi connectivity index (χ3v) is 6.90. The number of nitrogens with zero attached hydrogens (tertiary/aromatic N) is 2. The van der Waals surface area contributed by atoms with Gasteiger partial charge in [-0.2, -0.15) is 4.99 Å². The Kier molecular flexibility index (Phi) is 2.93. The molecule has 3 rings (SSSR count). The van der Waals surface area contributed by atoms with E-state index in [0.29, 0.717) is 6.54 Å². The summed E-state index contributed by atoms with van der Waals surface area (Å²) in [6.07, 6.45) is 1.90. The van der Waals surface area contributed by atoms with Gasteiger partial charge in [0.2, 0.25) is 0 Å². The molecule has 0 radical (unpaired) electrons. The summed E-state index contributed by atoms with van der Waals surface area (Å²) in [4.78, 5) is 17.9. The van der Waals surface area contributed by atoms with E-state index in [1.807, 2.05) is 11.8 Å². The fraction of sp³-hybridized carbons (Fsp3) is 0.818. The highest BCUT2D eigenvalue weighted by molar-refractivity contribution is 8.15. The normalized spacial score (nSPS) is 36.1. The Hall–Kier alpha value is -0.560. The fourth-order valence-corrected chi connectivity index (χ4v) is 6.54. The molecule has 5 nitrogen and oxygen atoms in total. The minimum Gasteiger partial charge on any atom is -0.346 e. The van der Waals surface area contributed by atoms with E-state index in [4.69, 9.17) is 0 Å². The predicted octanol–water partition coefficient (Wildman–Crippen LogP) is 0.513. The van der Waals surface area contributed by atoms with Gasteiger partial charge in [-0.15, -0.1) is 0 Å². The van der Waals surface area contributed by atoms with E-state index in [2.05, 4.69) is 4.99 Å². The van der Waals surface area contributed by atoms with Gasteiger partial charge in [-0.3, -0.25) is 4.79 Å². The van der Waals surface area contributed by atoms with Crippen LogP contribution >= 0.6 is 11.8 Å². The predicted molar refractivity (Wildman–Crippen MR) is 71.4 cm³/mol. The van der Waals surface area contributed by atoms with Crippen molar-refractivity contribution in [1.82, 2.24) is 4.90 Å². The minimum absolute atomic E-state index is 0.00996. The smallest absolute Gasteiger partial charge is 0.251 e.